The second-order valence-electron chi connectivity index (χ2n) is 4.22. The van der Waals surface area contributed by atoms with E-state index in [1.54, 1.807) is 24.3 Å². The Morgan fingerprint density at radius 2 is 1.89 bits per heavy atom. The minimum absolute atomic E-state index is 0.180. The summed E-state index contributed by atoms with van der Waals surface area (Å²) in [6.07, 6.45) is 0. The molecule has 1 N–H and O–H groups in total. The number of morpholine rings is 1. The molecule has 7 heteroatoms. The number of carbonyl (C=O) groups is 1. The molecule has 0 aliphatic carbocycles. The molecule has 1 aromatic carbocycles. The van der Waals surface area contributed by atoms with Crippen molar-refractivity contribution in [3.8, 4) is 0 Å². The third kappa shape index (κ3) is 3.31. The molecule has 1 heterocycles. The summed E-state index contributed by atoms with van der Waals surface area (Å²) in [6, 6.07) is 6.56. The van der Waals surface area contributed by atoms with Crippen LogP contribution in [0.25, 0.3) is 0 Å². The first-order chi connectivity index (χ1) is 9.00. The van der Waals surface area contributed by atoms with Crippen LogP contribution in [0, 0.1) is 0 Å². The van der Waals surface area contributed by atoms with Gasteiger partial charge in [0.05, 0.1) is 18.9 Å². The predicted molar refractivity (Wildman–Crippen MR) is 71.4 cm³/mol. The lowest BCUT2D eigenvalue weighted by molar-refractivity contribution is 0.0733. The number of benzene rings is 1. The van der Waals surface area contributed by atoms with E-state index in [9.17, 15) is 13.2 Å². The first kappa shape index (κ1) is 14.0. The Labute approximate surface area is 112 Å². The van der Waals surface area contributed by atoms with Gasteiger partial charge in [-0.3, -0.25) is 9.52 Å². The topological polar surface area (TPSA) is 75.7 Å². The Morgan fingerprint density at radius 1 is 1.26 bits per heavy atom. The van der Waals surface area contributed by atoms with E-state index in [-0.39, 0.29) is 5.78 Å². The Morgan fingerprint density at radius 3 is 2.53 bits per heavy atom. The summed E-state index contributed by atoms with van der Waals surface area (Å²) in [5.41, 5.74) is 0.667. The van der Waals surface area contributed by atoms with Gasteiger partial charge in [-0.1, -0.05) is 12.1 Å². The number of ether oxygens (including phenoxy) is 1. The van der Waals surface area contributed by atoms with E-state index in [1.807, 2.05) is 0 Å². The van der Waals surface area contributed by atoms with Crippen molar-refractivity contribution in [3.63, 3.8) is 0 Å². The van der Waals surface area contributed by atoms with E-state index in [0.717, 1.165) is 0 Å². The standard InChI is InChI=1S/C12H16N2O4S/c1-10(15)11-4-2-3-5-12(11)13-19(16,17)14-6-8-18-9-7-14/h2-5,13H,6-9H2,1H3. The molecule has 0 bridgehead atoms. The van der Waals surface area contributed by atoms with Crippen LogP contribution in [0.4, 0.5) is 5.69 Å². The van der Waals surface area contributed by atoms with Crippen molar-refractivity contribution in [2.24, 2.45) is 0 Å². The first-order valence-electron chi connectivity index (χ1n) is 5.96. The highest BCUT2D eigenvalue weighted by Gasteiger charge is 2.25. The highest BCUT2D eigenvalue weighted by molar-refractivity contribution is 7.90. The van der Waals surface area contributed by atoms with E-state index >= 15 is 0 Å². The van der Waals surface area contributed by atoms with Crippen molar-refractivity contribution in [1.29, 1.82) is 0 Å². The van der Waals surface area contributed by atoms with Crippen molar-refractivity contribution in [2.75, 3.05) is 31.0 Å². The fourth-order valence-electron chi connectivity index (χ4n) is 1.87. The minimum Gasteiger partial charge on any atom is -0.379 e. The summed E-state index contributed by atoms with van der Waals surface area (Å²) in [5, 5.41) is 0. The molecule has 0 aromatic heterocycles. The molecule has 0 unspecified atom stereocenters. The number of Topliss-reactive ketones (excluding diaryl/α,β-unsaturated/α-hetero) is 1. The second kappa shape index (κ2) is 5.68. The van der Waals surface area contributed by atoms with E-state index in [4.69, 9.17) is 4.74 Å². The lowest BCUT2D eigenvalue weighted by Crippen LogP contribution is -2.43. The first-order valence-corrected chi connectivity index (χ1v) is 7.40. The lowest BCUT2D eigenvalue weighted by atomic mass is 10.1. The smallest absolute Gasteiger partial charge is 0.301 e. The number of hydrogen-bond acceptors (Lipinski definition) is 4. The number of ketones is 1. The maximum Gasteiger partial charge on any atom is 0.301 e. The molecule has 2 rings (SSSR count). The van der Waals surface area contributed by atoms with E-state index in [1.165, 1.54) is 11.2 Å². The van der Waals surface area contributed by atoms with Gasteiger partial charge in [0, 0.05) is 18.7 Å². The molecular formula is C12H16N2O4S. The summed E-state index contributed by atoms with van der Waals surface area (Å²) in [5.74, 6) is -0.180. The number of nitrogens with zero attached hydrogens (tertiary/aromatic N) is 1. The molecule has 1 aliphatic heterocycles. The summed E-state index contributed by atoms with van der Waals surface area (Å²) in [7, 11) is -3.64. The van der Waals surface area contributed by atoms with Gasteiger partial charge in [0.2, 0.25) is 0 Å². The van der Waals surface area contributed by atoms with Gasteiger partial charge in [-0.25, -0.2) is 0 Å². The van der Waals surface area contributed by atoms with Crippen LogP contribution in [-0.4, -0.2) is 44.8 Å². The van der Waals surface area contributed by atoms with E-state index < -0.39 is 10.2 Å². The number of rotatable bonds is 4. The molecule has 6 nitrogen and oxygen atoms in total. The number of nitrogens with one attached hydrogen (secondary N) is 1. The van der Waals surface area contributed by atoms with Crippen LogP contribution in [0.5, 0.6) is 0 Å². The van der Waals surface area contributed by atoms with Crippen molar-refractivity contribution in [2.45, 2.75) is 6.92 Å². The Balaban J connectivity index is 2.22. The van der Waals surface area contributed by atoms with Crippen molar-refractivity contribution in [3.05, 3.63) is 29.8 Å². The van der Waals surface area contributed by atoms with Gasteiger partial charge in [-0.2, -0.15) is 12.7 Å². The van der Waals surface area contributed by atoms with Crippen LogP contribution in [0.2, 0.25) is 0 Å². The number of anilines is 1. The third-order valence-electron chi connectivity index (χ3n) is 2.86. The molecule has 0 amide bonds. The molecule has 1 aliphatic rings. The summed E-state index contributed by atoms with van der Waals surface area (Å²) >= 11 is 0. The average molecular weight is 284 g/mol. The van der Waals surface area contributed by atoms with Crippen molar-refractivity contribution in [1.82, 2.24) is 4.31 Å². The molecule has 104 valence electrons. The maximum atomic E-state index is 12.2. The fraction of sp³-hybridized carbons (Fsp3) is 0.417. The highest BCUT2D eigenvalue weighted by atomic mass is 32.2. The lowest BCUT2D eigenvalue weighted by Gasteiger charge is -2.26. The van der Waals surface area contributed by atoms with Gasteiger partial charge in [0.15, 0.2) is 5.78 Å². The number of hydrogen-bond donors (Lipinski definition) is 1. The van der Waals surface area contributed by atoms with E-state index in [0.29, 0.717) is 37.6 Å². The molecule has 1 saturated heterocycles. The van der Waals surface area contributed by atoms with Gasteiger partial charge < -0.3 is 4.74 Å². The Hall–Kier alpha value is -1.44. The Kier molecular flexibility index (Phi) is 4.18. The van der Waals surface area contributed by atoms with Crippen molar-refractivity contribution >= 4 is 21.7 Å². The van der Waals surface area contributed by atoms with Crippen LogP contribution in [0.3, 0.4) is 0 Å². The minimum atomic E-state index is -3.64. The van der Waals surface area contributed by atoms with Crippen molar-refractivity contribution < 1.29 is 17.9 Å². The molecule has 0 radical (unpaired) electrons. The van der Waals surface area contributed by atoms with Crippen LogP contribution in [0.1, 0.15) is 17.3 Å². The summed E-state index contributed by atoms with van der Waals surface area (Å²) in [6.45, 7) is 2.81. The molecule has 1 fully saturated rings. The van der Waals surface area contributed by atoms with Gasteiger partial charge in [-0.15, -0.1) is 0 Å². The summed E-state index contributed by atoms with van der Waals surface area (Å²) < 4.78 is 33.2. The van der Waals surface area contributed by atoms with Gasteiger partial charge >= 0.3 is 10.2 Å². The molecule has 1 aromatic rings. The molecule has 0 saturated carbocycles. The van der Waals surface area contributed by atoms with Crippen LogP contribution >= 0.6 is 0 Å². The number of para-hydroxylation sites is 1. The zero-order chi connectivity index (χ0) is 13.9. The molecule has 0 atom stereocenters. The SMILES string of the molecule is CC(=O)c1ccccc1NS(=O)(=O)N1CCOCC1. The highest BCUT2D eigenvalue weighted by Crippen LogP contribution is 2.18. The average Bonchev–Trinajstić information content (AvgIpc) is 2.39. The quantitative estimate of drug-likeness (QED) is 0.833. The van der Waals surface area contributed by atoms with Gasteiger partial charge in [0.25, 0.3) is 0 Å². The van der Waals surface area contributed by atoms with Crippen LogP contribution < -0.4 is 4.72 Å². The van der Waals surface area contributed by atoms with Gasteiger partial charge in [0.1, 0.15) is 0 Å². The zero-order valence-electron chi connectivity index (χ0n) is 10.6. The molecule has 0 spiro atoms. The monoisotopic (exact) mass is 284 g/mol. The van der Waals surface area contributed by atoms with E-state index in [2.05, 4.69) is 4.72 Å². The van der Waals surface area contributed by atoms with Crippen LogP contribution in [-0.2, 0) is 14.9 Å². The normalized spacial score (nSPS) is 17.1. The fourth-order valence-corrected chi connectivity index (χ4v) is 3.08. The zero-order valence-corrected chi connectivity index (χ0v) is 11.4. The molecular weight excluding hydrogens is 268 g/mol. The van der Waals surface area contributed by atoms with Gasteiger partial charge in [-0.05, 0) is 19.1 Å². The number of carbonyl (C=O) groups excluding carboxylic acids is 1. The largest absolute Gasteiger partial charge is 0.379 e. The predicted octanol–water partition coefficient (Wildman–Crippen LogP) is 0.878. The van der Waals surface area contributed by atoms with Crippen LogP contribution in [0.15, 0.2) is 24.3 Å². The third-order valence-corrected chi connectivity index (χ3v) is 4.38. The summed E-state index contributed by atoms with van der Waals surface area (Å²) in [4.78, 5) is 11.5. The molecule has 19 heavy (non-hydrogen) atoms. The Bertz CT molecular complexity index is 565. The second-order valence-corrected chi connectivity index (χ2v) is 5.89. The maximum absolute atomic E-state index is 12.2.